The van der Waals surface area contributed by atoms with Crippen molar-refractivity contribution in [1.29, 1.82) is 0 Å². The van der Waals surface area contributed by atoms with Gasteiger partial charge in [0.25, 0.3) is 0 Å². The van der Waals surface area contributed by atoms with E-state index in [9.17, 15) is 35.1 Å². The third-order valence-corrected chi connectivity index (χ3v) is 15.5. The number of hydrogen-bond donors (Lipinski definition) is 6. The molecule has 0 saturated carbocycles. The molecule has 1 fully saturated rings. The quantitative estimate of drug-likeness (QED) is 0.0195. The number of unbranched alkanes of at least 4 members (excludes halogenated alkanes) is 31. The lowest BCUT2D eigenvalue weighted by molar-refractivity contribution is -0.305. The fourth-order valence-corrected chi connectivity index (χ4v) is 10.2. The first-order valence-corrected chi connectivity index (χ1v) is 33.9. The van der Waals surface area contributed by atoms with Crippen LogP contribution in [0, 0.1) is 0 Å². The number of hydrogen-bond acceptors (Lipinski definition) is 10. The highest BCUT2D eigenvalue weighted by atomic mass is 16.7. The summed E-state index contributed by atoms with van der Waals surface area (Å²) in [4.78, 5) is 26.6. The zero-order valence-electron chi connectivity index (χ0n) is 52.6. The van der Waals surface area contributed by atoms with Gasteiger partial charge in [-0.1, -0.05) is 273 Å². The largest absolute Gasteiger partial charge is 0.454 e. The SMILES string of the molecule is CC/C=C\C/C=C\C/C=C\C/C=C\C/C=C\CCCCCCCCCC(=O)OC1C(OCC(NC(=O)C(O)CCCCCCCCCC/C=C/CCCCCCCC)C(O)/C=C/CCCCCCCCCCCC)OC(CO)C(O)C1O. The topological polar surface area (TPSA) is 175 Å². The highest BCUT2D eigenvalue weighted by Gasteiger charge is 2.47. The number of allylic oxidation sites excluding steroid dienone is 13. The van der Waals surface area contributed by atoms with Crippen molar-refractivity contribution in [1.82, 2.24) is 5.32 Å². The predicted octanol–water partition coefficient (Wildman–Crippen LogP) is 16.9. The first-order valence-electron chi connectivity index (χ1n) is 33.9. The summed E-state index contributed by atoms with van der Waals surface area (Å²) < 4.78 is 17.7. The second kappa shape index (κ2) is 58.2. The van der Waals surface area contributed by atoms with Gasteiger partial charge in [-0.25, -0.2) is 0 Å². The van der Waals surface area contributed by atoms with Crippen molar-refractivity contribution in [3.8, 4) is 0 Å². The van der Waals surface area contributed by atoms with E-state index in [1.165, 1.54) is 122 Å². The number of esters is 1. The normalized spacial score (nSPS) is 19.1. The van der Waals surface area contributed by atoms with Crippen LogP contribution < -0.4 is 5.32 Å². The molecule has 11 nitrogen and oxygen atoms in total. The molecule has 1 saturated heterocycles. The molecule has 0 radical (unpaired) electrons. The number of nitrogens with one attached hydrogen (secondary N) is 1. The lowest BCUT2D eigenvalue weighted by Crippen LogP contribution is -2.61. The molecule has 0 bridgehead atoms. The van der Waals surface area contributed by atoms with E-state index in [1.54, 1.807) is 6.08 Å². The highest BCUT2D eigenvalue weighted by Crippen LogP contribution is 2.26. The fraction of sp³-hybridized carbons (Fsp3) is 0.775. The van der Waals surface area contributed by atoms with E-state index in [-0.39, 0.29) is 19.4 Å². The van der Waals surface area contributed by atoms with Gasteiger partial charge in [0.15, 0.2) is 12.4 Å². The van der Waals surface area contributed by atoms with Crippen molar-refractivity contribution in [3.05, 3.63) is 85.1 Å². The van der Waals surface area contributed by atoms with Gasteiger partial charge >= 0.3 is 5.97 Å². The number of amides is 1. The summed E-state index contributed by atoms with van der Waals surface area (Å²) in [5.74, 6) is -1.21. The third kappa shape index (κ3) is 45.2. The maximum Gasteiger partial charge on any atom is 0.306 e. The number of ether oxygens (including phenoxy) is 3. The summed E-state index contributed by atoms with van der Waals surface area (Å²) in [7, 11) is 0. The van der Waals surface area contributed by atoms with Gasteiger partial charge in [-0.05, 0) is 96.3 Å². The van der Waals surface area contributed by atoms with Gasteiger partial charge in [0.2, 0.25) is 5.91 Å². The molecule has 474 valence electrons. The van der Waals surface area contributed by atoms with E-state index in [0.29, 0.717) is 12.8 Å². The summed E-state index contributed by atoms with van der Waals surface area (Å²) >= 11 is 0. The number of rotatable bonds is 57. The lowest BCUT2D eigenvalue weighted by Gasteiger charge is -2.41. The van der Waals surface area contributed by atoms with Crippen LogP contribution >= 0.6 is 0 Å². The van der Waals surface area contributed by atoms with Crippen LogP contribution in [0.25, 0.3) is 0 Å². The molecule has 8 atom stereocenters. The zero-order valence-corrected chi connectivity index (χ0v) is 52.6. The number of carbonyl (C=O) groups is 2. The van der Waals surface area contributed by atoms with Crippen LogP contribution in [-0.4, -0.2) is 99.6 Å². The van der Waals surface area contributed by atoms with E-state index >= 15 is 0 Å². The average Bonchev–Trinajstić information content (AvgIpc) is 3.44. The molecule has 1 aliphatic rings. The van der Waals surface area contributed by atoms with Crippen LogP contribution in [-0.2, 0) is 23.8 Å². The number of carbonyl (C=O) groups excluding carboxylic acids is 2. The van der Waals surface area contributed by atoms with Crippen LogP contribution in [0.1, 0.15) is 290 Å². The Bertz CT molecular complexity index is 1660. The fourth-order valence-electron chi connectivity index (χ4n) is 10.2. The number of aliphatic hydroxyl groups excluding tert-OH is 5. The van der Waals surface area contributed by atoms with Gasteiger partial charge in [0, 0.05) is 6.42 Å². The molecule has 11 heteroatoms. The standard InChI is InChI=1S/C71H125NO10/c1-4-7-10-13-16-19-22-25-27-29-31-32-33-34-35-37-39-41-44-47-50-53-56-59-66(76)82-69-68(78)67(77)65(60-73)81-71(69)80-61-62(63(74)57-54-51-48-45-42-24-21-18-15-12-9-6-3)72-70(79)64(75)58-55-52-49-46-43-40-38-36-30-28-26-23-20-17-14-11-8-5-2/h7,10,16,19,25-28,31-32,34-35,54,57,62-65,67-69,71,73-75,77-78H,4-6,8-9,11-15,17-18,20-24,29-30,33,36-53,55-56,58-61H2,1-3H3,(H,72,79)/b10-7-,19-16-,27-25-,28-26+,32-31-,35-34-,57-54+. The van der Waals surface area contributed by atoms with Crippen LogP contribution in [0.2, 0.25) is 0 Å². The summed E-state index contributed by atoms with van der Waals surface area (Å²) in [6, 6.07) is -1.03. The average molecular weight is 1150 g/mol. The summed E-state index contributed by atoms with van der Waals surface area (Å²) in [5.41, 5.74) is 0. The summed E-state index contributed by atoms with van der Waals surface area (Å²) in [6.45, 7) is 5.68. The minimum atomic E-state index is -1.62. The van der Waals surface area contributed by atoms with E-state index < -0.39 is 67.4 Å². The van der Waals surface area contributed by atoms with Gasteiger partial charge in [0.05, 0.1) is 25.4 Å². The van der Waals surface area contributed by atoms with Crippen LogP contribution in [0.4, 0.5) is 0 Å². The first-order chi connectivity index (χ1) is 40.2. The molecule has 0 aliphatic carbocycles. The highest BCUT2D eigenvalue weighted by molar-refractivity contribution is 5.80. The molecule has 1 aliphatic heterocycles. The minimum absolute atomic E-state index is 0.107. The molecular formula is C71H125NO10. The molecule has 0 spiro atoms. The van der Waals surface area contributed by atoms with Crippen molar-refractivity contribution >= 4 is 11.9 Å². The Hall–Kier alpha value is -3.16. The molecule has 0 aromatic heterocycles. The Morgan fingerprint density at radius 1 is 0.488 bits per heavy atom. The van der Waals surface area contributed by atoms with Crippen LogP contribution in [0.5, 0.6) is 0 Å². The minimum Gasteiger partial charge on any atom is -0.454 e. The first kappa shape index (κ1) is 76.9. The Balaban J connectivity index is 2.62. The zero-order chi connectivity index (χ0) is 59.6. The van der Waals surface area contributed by atoms with E-state index in [1.807, 2.05) is 6.08 Å². The maximum atomic E-state index is 13.5. The van der Waals surface area contributed by atoms with Gasteiger partial charge in [-0.15, -0.1) is 0 Å². The molecule has 0 aromatic rings. The third-order valence-electron chi connectivity index (χ3n) is 15.5. The van der Waals surface area contributed by atoms with Crippen molar-refractivity contribution in [2.24, 2.45) is 0 Å². The maximum absolute atomic E-state index is 13.5. The Morgan fingerprint density at radius 3 is 1.33 bits per heavy atom. The summed E-state index contributed by atoms with van der Waals surface area (Å²) in [5, 5.41) is 57.1. The Labute approximate surface area is 502 Å². The second-order valence-corrected chi connectivity index (χ2v) is 23.2. The second-order valence-electron chi connectivity index (χ2n) is 23.2. The molecule has 1 rings (SSSR count). The smallest absolute Gasteiger partial charge is 0.306 e. The molecular weight excluding hydrogens is 1030 g/mol. The van der Waals surface area contributed by atoms with Gasteiger partial charge in [-0.3, -0.25) is 9.59 Å². The van der Waals surface area contributed by atoms with E-state index in [2.05, 4.69) is 99.0 Å². The number of aliphatic hydroxyl groups is 5. The van der Waals surface area contributed by atoms with Gasteiger partial charge in [-0.2, -0.15) is 0 Å². The van der Waals surface area contributed by atoms with Crippen LogP contribution in [0.3, 0.4) is 0 Å². The summed E-state index contributed by atoms with van der Waals surface area (Å²) in [6.07, 6.45) is 66.1. The molecule has 1 heterocycles. The van der Waals surface area contributed by atoms with Crippen LogP contribution in [0.15, 0.2) is 85.1 Å². The molecule has 82 heavy (non-hydrogen) atoms. The molecule has 1 amide bonds. The molecule has 8 unspecified atom stereocenters. The van der Waals surface area contributed by atoms with Crippen molar-refractivity contribution in [2.45, 2.75) is 339 Å². The van der Waals surface area contributed by atoms with E-state index in [4.69, 9.17) is 14.2 Å². The Morgan fingerprint density at radius 2 is 0.878 bits per heavy atom. The van der Waals surface area contributed by atoms with Gasteiger partial charge < -0.3 is 45.1 Å². The monoisotopic (exact) mass is 1150 g/mol. The Kier molecular flexibility index (Phi) is 54.6. The van der Waals surface area contributed by atoms with Gasteiger partial charge in [0.1, 0.15) is 24.4 Å². The molecule has 6 N–H and O–H groups in total. The lowest BCUT2D eigenvalue weighted by atomic mass is 9.99. The molecule has 0 aromatic carbocycles. The van der Waals surface area contributed by atoms with Crippen molar-refractivity contribution in [3.63, 3.8) is 0 Å². The van der Waals surface area contributed by atoms with E-state index in [0.717, 1.165) is 122 Å². The van der Waals surface area contributed by atoms with Crippen molar-refractivity contribution < 1.29 is 49.3 Å². The predicted molar refractivity (Wildman–Crippen MR) is 342 cm³/mol. The van der Waals surface area contributed by atoms with Crippen molar-refractivity contribution in [2.75, 3.05) is 13.2 Å².